The number of rotatable bonds is 13. The number of hydrogen-bond donors (Lipinski definition) is 6. The number of phosphoric acid groups is 2. The summed E-state index contributed by atoms with van der Waals surface area (Å²) in [7, 11) is -11.8. The number of aliphatic hydroxyl groups is 4. The van der Waals surface area contributed by atoms with Crippen molar-refractivity contribution in [1.82, 2.24) is 14.9 Å². The normalized spacial score (nSPS) is 33.2. The minimum Gasteiger partial charge on any atom is -0.756 e. The van der Waals surface area contributed by atoms with Crippen LogP contribution in [0.4, 0.5) is 0 Å². The van der Waals surface area contributed by atoms with E-state index in [4.69, 9.17) is 9.47 Å². The van der Waals surface area contributed by atoms with Gasteiger partial charge in [0.25, 0.3) is 21.2 Å². The zero-order valence-corrected chi connectivity index (χ0v) is 24.0. The van der Waals surface area contributed by atoms with Gasteiger partial charge in [-0.15, -0.1) is 0 Å². The first-order chi connectivity index (χ1) is 20.3. The number of H-pyrrole nitrogens is 1. The number of Topliss-reactive ketones (excluding diaryl/α,β-unsaturated/α-hetero) is 1. The summed E-state index contributed by atoms with van der Waals surface area (Å²) >= 11 is 0. The number of aliphatic hydroxyl groups excluding tert-OH is 4. The first-order valence-electron chi connectivity index (χ1n) is 12.4. The second-order valence-corrected chi connectivity index (χ2v) is 12.3. The molecule has 0 saturated carbocycles. The molecule has 0 aromatic carbocycles. The zero-order valence-electron chi connectivity index (χ0n) is 22.2. The summed E-state index contributed by atoms with van der Waals surface area (Å²) in [6.45, 7) is 0.0263. The lowest BCUT2D eigenvalue weighted by Crippen LogP contribution is -2.63. The lowest BCUT2D eigenvalue weighted by Gasteiger charge is -2.43. The van der Waals surface area contributed by atoms with Crippen LogP contribution in [0.5, 0.6) is 0 Å². The second-order valence-electron chi connectivity index (χ2n) is 9.44. The Morgan fingerprint density at radius 3 is 2.30 bits per heavy atom. The van der Waals surface area contributed by atoms with Crippen LogP contribution >= 0.6 is 15.6 Å². The fourth-order valence-corrected chi connectivity index (χ4v) is 6.17. The average Bonchev–Trinajstić information content (AvgIpc) is 3.19. The van der Waals surface area contributed by atoms with Crippen molar-refractivity contribution in [2.75, 3.05) is 6.61 Å². The number of nitrogens with one attached hydrogen (secondary N) is 2. The highest BCUT2D eigenvalue weighted by Crippen LogP contribution is 2.57. The predicted molar refractivity (Wildman–Crippen MR) is 128 cm³/mol. The van der Waals surface area contributed by atoms with Gasteiger partial charge in [-0.3, -0.25) is 37.6 Å². The maximum absolute atomic E-state index is 12.3. The molecule has 0 aliphatic carbocycles. The highest BCUT2D eigenvalue weighted by molar-refractivity contribution is 7.59. The molecule has 11 atom stereocenters. The van der Waals surface area contributed by atoms with E-state index in [0.29, 0.717) is 4.57 Å². The number of carboxylic acids is 1. The molecule has 0 radical (unpaired) electrons. The predicted octanol–water partition coefficient (Wildman–Crippen LogP) is -6.81. The first kappa shape index (κ1) is 35.8. The van der Waals surface area contributed by atoms with E-state index in [-0.39, 0.29) is 0 Å². The van der Waals surface area contributed by atoms with E-state index in [1.54, 1.807) is 0 Å². The van der Waals surface area contributed by atoms with Crippen LogP contribution in [-0.2, 0) is 46.3 Å². The lowest BCUT2D eigenvalue weighted by molar-refractivity contribution is -0.300. The molecular formula is C20H26N3O19P2-3. The Balaban J connectivity index is 1.55. The van der Waals surface area contributed by atoms with Crippen molar-refractivity contribution < 1.29 is 81.7 Å². The topological polar surface area (TPSA) is 348 Å². The number of ketones is 1. The molecule has 6 N–H and O–H groups in total. The molecule has 1 aromatic rings. The van der Waals surface area contributed by atoms with Crippen molar-refractivity contribution in [3.8, 4) is 0 Å². The standard InChI is InChI=1S/C20H29N3O19P2/c1-7-12(21-10(25)3-2-8(24)18(31)32)14(28)16(30)19(39-7)41-44(36,37)42-43(34,35)38-6-9-13(27)15(29)17(40-9)23-5-4-11(26)22-20(23)33/h4-5,7,9,12-17,19,27-30H,2-3,6H2,1H3,(H,21,25)(H,31,32)(H,34,35)(H,36,37)(H,22,26,33)/p-3/t7-,9-,12+,13-,14+,15-,16-,17-,19-/m1/s1. The number of carbonyl (C=O) groups excluding carboxylic acids is 3. The third-order valence-corrected chi connectivity index (χ3v) is 8.81. The SMILES string of the molecule is C[C@H]1O[C@H](OP(=O)([O-])OP(=O)([O-])OC[C@H]2O[C@@H](n3ccc(=O)[nH]c3=O)[C@H](O)[C@@H]2O)[C@H](O)[C@@H](O)[C@H]1NC(=O)CCC(=O)C(=O)[O-]. The van der Waals surface area contributed by atoms with Gasteiger partial charge in [0.15, 0.2) is 18.3 Å². The van der Waals surface area contributed by atoms with Gasteiger partial charge in [-0.2, -0.15) is 0 Å². The summed E-state index contributed by atoms with van der Waals surface area (Å²) in [5.74, 6) is -4.34. The maximum atomic E-state index is 12.3. The second kappa shape index (κ2) is 14.2. The largest absolute Gasteiger partial charge is 0.756 e. The molecule has 44 heavy (non-hydrogen) atoms. The Morgan fingerprint density at radius 1 is 1.02 bits per heavy atom. The van der Waals surface area contributed by atoms with E-state index in [9.17, 15) is 68.4 Å². The molecular weight excluding hydrogens is 648 g/mol. The molecule has 24 heteroatoms. The van der Waals surface area contributed by atoms with Crippen molar-refractivity contribution in [3.63, 3.8) is 0 Å². The zero-order chi connectivity index (χ0) is 33.1. The third-order valence-electron chi connectivity index (χ3n) is 6.28. The van der Waals surface area contributed by atoms with E-state index in [2.05, 4.69) is 18.7 Å². The van der Waals surface area contributed by atoms with Gasteiger partial charge in [-0.05, 0) is 6.92 Å². The fourth-order valence-electron chi connectivity index (χ4n) is 4.09. The molecule has 1 aromatic heterocycles. The van der Waals surface area contributed by atoms with E-state index < -0.39 is 119 Å². The van der Waals surface area contributed by atoms with Crippen molar-refractivity contribution in [1.29, 1.82) is 0 Å². The molecule has 22 nitrogen and oxygen atoms in total. The summed E-state index contributed by atoms with van der Waals surface area (Å²) in [6.07, 6.45) is -15.3. The molecule has 248 valence electrons. The number of ether oxygens (including phenoxy) is 2. The summed E-state index contributed by atoms with van der Waals surface area (Å²) in [4.78, 5) is 83.0. The van der Waals surface area contributed by atoms with Crippen LogP contribution in [0.1, 0.15) is 26.0 Å². The van der Waals surface area contributed by atoms with E-state index in [1.165, 1.54) is 6.92 Å². The average molecular weight is 674 g/mol. The molecule has 0 spiro atoms. The smallest absolute Gasteiger partial charge is 0.330 e. The van der Waals surface area contributed by atoms with Gasteiger partial charge >= 0.3 is 5.69 Å². The Bertz CT molecular complexity index is 1450. The van der Waals surface area contributed by atoms with E-state index in [1.807, 2.05) is 4.98 Å². The maximum Gasteiger partial charge on any atom is 0.330 e. The summed E-state index contributed by atoms with van der Waals surface area (Å²) in [6, 6.07) is -0.533. The van der Waals surface area contributed by atoms with Crippen LogP contribution < -0.4 is 31.5 Å². The number of amides is 1. The highest BCUT2D eigenvalue weighted by atomic mass is 31.3. The number of aromatic amines is 1. The minimum absolute atomic E-state index is 0.644. The minimum atomic E-state index is -5.98. The number of carbonyl (C=O) groups is 3. The van der Waals surface area contributed by atoms with Gasteiger partial charge in [-0.1, -0.05) is 0 Å². The summed E-state index contributed by atoms with van der Waals surface area (Å²) in [5.41, 5.74) is -1.82. The molecule has 2 unspecified atom stereocenters. The third kappa shape index (κ3) is 8.95. The van der Waals surface area contributed by atoms with E-state index in [0.717, 1.165) is 12.3 Å². The first-order valence-corrected chi connectivity index (χ1v) is 15.3. The molecule has 2 fully saturated rings. The number of hydrogen-bond acceptors (Lipinski definition) is 19. The van der Waals surface area contributed by atoms with Crippen LogP contribution in [-0.4, -0.2) is 103 Å². The van der Waals surface area contributed by atoms with Crippen LogP contribution in [0.25, 0.3) is 0 Å². The highest BCUT2D eigenvalue weighted by Gasteiger charge is 2.47. The van der Waals surface area contributed by atoms with Crippen LogP contribution in [0.15, 0.2) is 21.9 Å². The van der Waals surface area contributed by atoms with Gasteiger partial charge in [0.2, 0.25) is 5.91 Å². The summed E-state index contributed by atoms with van der Waals surface area (Å²) < 4.78 is 48.2. The molecule has 2 saturated heterocycles. The number of nitrogens with zero attached hydrogens (tertiary/aromatic N) is 1. The van der Waals surface area contributed by atoms with E-state index >= 15 is 0 Å². The van der Waals surface area contributed by atoms with Crippen LogP contribution in [0.2, 0.25) is 0 Å². The van der Waals surface area contributed by atoms with Crippen molar-refractivity contribution in [3.05, 3.63) is 33.1 Å². The fraction of sp³-hybridized carbons (Fsp3) is 0.650. The van der Waals surface area contributed by atoms with Crippen molar-refractivity contribution in [2.45, 2.75) is 74.9 Å². The number of phosphoric ester groups is 2. The number of carboxylic acid groups (broad SMARTS) is 1. The van der Waals surface area contributed by atoms with Crippen molar-refractivity contribution >= 4 is 33.3 Å². The molecule has 0 bridgehead atoms. The van der Waals surface area contributed by atoms with Crippen molar-refractivity contribution in [2.24, 2.45) is 0 Å². The van der Waals surface area contributed by atoms with Gasteiger partial charge in [-0.25, -0.2) is 9.11 Å². The summed E-state index contributed by atoms with van der Waals surface area (Å²) in [5, 5.41) is 53.5. The molecule has 2 aliphatic heterocycles. The van der Waals surface area contributed by atoms with Gasteiger partial charge in [0.05, 0.1) is 18.8 Å². The number of aromatic nitrogens is 2. The monoisotopic (exact) mass is 674 g/mol. The Labute approximate surface area is 244 Å². The lowest BCUT2D eigenvalue weighted by atomic mass is 9.97. The molecule has 2 aliphatic rings. The van der Waals surface area contributed by atoms with Gasteiger partial charge in [0.1, 0.15) is 36.5 Å². The van der Waals surface area contributed by atoms with Crippen LogP contribution in [0.3, 0.4) is 0 Å². The van der Waals surface area contributed by atoms with Crippen LogP contribution in [0, 0.1) is 0 Å². The quantitative estimate of drug-likeness (QED) is 0.0836. The number of aliphatic carboxylic acids is 1. The van der Waals surface area contributed by atoms with Gasteiger partial charge < -0.3 is 59.4 Å². The molecule has 1 amide bonds. The Kier molecular flexibility index (Phi) is 11.5. The molecule has 3 rings (SSSR count). The Hall–Kier alpha value is -2.69. The Morgan fingerprint density at radius 2 is 1.68 bits per heavy atom. The molecule has 3 heterocycles. The van der Waals surface area contributed by atoms with Gasteiger partial charge in [0, 0.05) is 25.1 Å².